The normalized spacial score (nSPS) is 15.9. The van der Waals surface area contributed by atoms with E-state index in [-0.39, 0.29) is 23.1 Å². The third-order valence-electron chi connectivity index (χ3n) is 4.64. The maximum atomic E-state index is 14.0. The van der Waals surface area contributed by atoms with Crippen LogP contribution in [0.4, 0.5) is 40.7 Å². The fourth-order valence-electron chi connectivity index (χ4n) is 3.16. The van der Waals surface area contributed by atoms with E-state index in [1.807, 2.05) is 27.8 Å². The number of nitrogens with zero attached hydrogens (tertiary/aromatic N) is 4. The fourth-order valence-corrected chi connectivity index (χ4v) is 3.16. The van der Waals surface area contributed by atoms with Crippen LogP contribution in [0.25, 0.3) is 0 Å². The van der Waals surface area contributed by atoms with Crippen molar-refractivity contribution in [2.75, 3.05) is 48.8 Å². The first kappa shape index (κ1) is 22.1. The average molecular weight is 426 g/mol. The van der Waals surface area contributed by atoms with E-state index in [0.29, 0.717) is 26.2 Å². The summed E-state index contributed by atoms with van der Waals surface area (Å²) >= 11 is 0. The van der Waals surface area contributed by atoms with Crippen molar-refractivity contribution < 1.29 is 17.6 Å². The molecule has 1 saturated heterocycles. The summed E-state index contributed by atoms with van der Waals surface area (Å²) in [5.41, 5.74) is -0.850. The number of halogens is 4. The van der Waals surface area contributed by atoms with Gasteiger partial charge in [-0.05, 0) is 46.0 Å². The first-order valence-corrected chi connectivity index (χ1v) is 9.65. The van der Waals surface area contributed by atoms with Crippen LogP contribution in [0.5, 0.6) is 0 Å². The van der Waals surface area contributed by atoms with Gasteiger partial charge in [-0.15, -0.1) is 0 Å². The van der Waals surface area contributed by atoms with E-state index in [1.54, 1.807) is 11.0 Å². The molecule has 1 aromatic carbocycles. The predicted octanol–water partition coefficient (Wildman–Crippen LogP) is 4.34. The van der Waals surface area contributed by atoms with Gasteiger partial charge >= 0.3 is 6.18 Å². The molecule has 10 heteroatoms. The van der Waals surface area contributed by atoms with E-state index in [9.17, 15) is 17.6 Å². The van der Waals surface area contributed by atoms with Gasteiger partial charge in [0, 0.05) is 43.1 Å². The van der Waals surface area contributed by atoms with E-state index in [2.05, 4.69) is 25.5 Å². The van der Waals surface area contributed by atoms with Crippen LogP contribution in [0.15, 0.2) is 24.4 Å². The highest BCUT2D eigenvalue weighted by molar-refractivity contribution is 5.65. The Labute approximate surface area is 173 Å². The molecule has 1 aliphatic rings. The molecule has 0 radical (unpaired) electrons. The molecule has 2 heterocycles. The lowest BCUT2D eigenvalue weighted by molar-refractivity contribution is -0.137. The Morgan fingerprint density at radius 3 is 2.30 bits per heavy atom. The van der Waals surface area contributed by atoms with Crippen LogP contribution >= 0.6 is 0 Å². The number of likely N-dealkylation sites (N-methyl/N-ethyl adjacent to an activating group) is 1. The largest absolute Gasteiger partial charge is 0.418 e. The summed E-state index contributed by atoms with van der Waals surface area (Å²) in [5, 5.41) is 5.66. The van der Waals surface area contributed by atoms with Gasteiger partial charge in [-0.2, -0.15) is 18.2 Å². The topological polar surface area (TPSA) is 56.3 Å². The van der Waals surface area contributed by atoms with E-state index in [1.165, 1.54) is 6.07 Å². The van der Waals surface area contributed by atoms with E-state index in [4.69, 9.17) is 0 Å². The third-order valence-corrected chi connectivity index (χ3v) is 4.64. The smallest absolute Gasteiger partial charge is 0.368 e. The summed E-state index contributed by atoms with van der Waals surface area (Å²) in [6.07, 6.45) is -3.54. The molecule has 0 bridgehead atoms. The lowest BCUT2D eigenvalue weighted by atomic mass is 10.1. The average Bonchev–Trinajstić information content (AvgIpc) is 2.63. The Morgan fingerprint density at radius 1 is 1.03 bits per heavy atom. The first-order valence-electron chi connectivity index (χ1n) is 9.65. The van der Waals surface area contributed by atoms with Crippen LogP contribution in [0, 0.1) is 5.82 Å². The molecular weight excluding hydrogens is 400 g/mol. The van der Waals surface area contributed by atoms with Crippen LogP contribution in [0.2, 0.25) is 0 Å². The molecule has 164 valence electrons. The van der Waals surface area contributed by atoms with Gasteiger partial charge in [-0.25, -0.2) is 9.37 Å². The highest BCUT2D eigenvalue weighted by Crippen LogP contribution is 2.39. The van der Waals surface area contributed by atoms with Crippen molar-refractivity contribution in [1.29, 1.82) is 0 Å². The van der Waals surface area contributed by atoms with Gasteiger partial charge < -0.3 is 20.4 Å². The monoisotopic (exact) mass is 426 g/mol. The molecule has 0 saturated carbocycles. The van der Waals surface area contributed by atoms with Crippen molar-refractivity contribution in [2.24, 2.45) is 0 Å². The van der Waals surface area contributed by atoms with Crippen molar-refractivity contribution in [2.45, 2.75) is 32.5 Å². The number of hydrogen-bond donors (Lipinski definition) is 2. The number of benzene rings is 1. The van der Waals surface area contributed by atoms with Gasteiger partial charge in [0.25, 0.3) is 0 Å². The van der Waals surface area contributed by atoms with E-state index < -0.39 is 23.1 Å². The van der Waals surface area contributed by atoms with Crippen molar-refractivity contribution in [3.05, 3.63) is 35.8 Å². The number of aromatic nitrogens is 2. The fraction of sp³-hybridized carbons (Fsp3) is 0.500. The van der Waals surface area contributed by atoms with E-state index >= 15 is 0 Å². The number of alkyl halides is 3. The summed E-state index contributed by atoms with van der Waals surface area (Å²) in [5.74, 6) is -0.661. The first-order chi connectivity index (χ1) is 13.9. The summed E-state index contributed by atoms with van der Waals surface area (Å²) in [6.45, 7) is 7.97. The van der Waals surface area contributed by atoms with Crippen molar-refractivity contribution in [3.8, 4) is 0 Å². The number of piperazine rings is 1. The molecule has 0 atom stereocenters. The molecule has 0 spiro atoms. The van der Waals surface area contributed by atoms with Crippen LogP contribution in [-0.4, -0.2) is 53.6 Å². The maximum absolute atomic E-state index is 14.0. The summed E-state index contributed by atoms with van der Waals surface area (Å²) < 4.78 is 55.2. The van der Waals surface area contributed by atoms with Gasteiger partial charge in [0.1, 0.15) is 0 Å². The molecule has 30 heavy (non-hydrogen) atoms. The Morgan fingerprint density at radius 2 is 1.70 bits per heavy atom. The Bertz CT molecular complexity index is 886. The third kappa shape index (κ3) is 5.50. The van der Waals surface area contributed by atoms with Crippen LogP contribution in [-0.2, 0) is 6.18 Å². The highest BCUT2D eigenvalue weighted by Gasteiger charge is 2.35. The maximum Gasteiger partial charge on any atom is 0.418 e. The second kappa shape index (κ2) is 8.25. The molecule has 2 N–H and O–H groups in total. The molecule has 2 aromatic rings. The van der Waals surface area contributed by atoms with E-state index in [0.717, 1.165) is 12.3 Å². The minimum atomic E-state index is -4.51. The predicted molar refractivity (Wildman–Crippen MR) is 110 cm³/mol. The number of nitrogens with one attached hydrogen (secondary N) is 2. The molecule has 1 aliphatic heterocycles. The summed E-state index contributed by atoms with van der Waals surface area (Å²) in [6, 6.07) is 4.04. The molecule has 6 nitrogen and oxygen atoms in total. The lowest BCUT2D eigenvalue weighted by Crippen LogP contribution is -2.45. The zero-order chi connectivity index (χ0) is 22.1. The zero-order valence-electron chi connectivity index (χ0n) is 17.4. The molecule has 0 unspecified atom stereocenters. The van der Waals surface area contributed by atoms with Crippen LogP contribution in [0.1, 0.15) is 26.3 Å². The van der Waals surface area contributed by atoms with Gasteiger partial charge in [-0.3, -0.25) is 0 Å². The Hall–Kier alpha value is -2.62. The number of anilines is 4. The Kier molecular flexibility index (Phi) is 6.07. The van der Waals surface area contributed by atoms with Gasteiger partial charge in [0.15, 0.2) is 11.6 Å². The van der Waals surface area contributed by atoms with Crippen LogP contribution < -0.4 is 15.5 Å². The molecule has 0 aliphatic carbocycles. The Balaban J connectivity index is 1.88. The van der Waals surface area contributed by atoms with Gasteiger partial charge in [0.05, 0.1) is 11.8 Å². The second-order valence-corrected chi connectivity index (χ2v) is 8.41. The molecule has 1 fully saturated rings. The molecule has 1 aromatic heterocycles. The van der Waals surface area contributed by atoms with Gasteiger partial charge in [-0.1, -0.05) is 0 Å². The minimum absolute atomic E-state index is 0.00335. The van der Waals surface area contributed by atoms with Crippen molar-refractivity contribution in [3.63, 3.8) is 0 Å². The second-order valence-electron chi connectivity index (χ2n) is 8.41. The standard InChI is InChI=1S/C20H26F4N6/c1-19(2,3)28-17-15(21)12-25-18(27-17)26-13-5-6-16(14(11-13)20(22,23)24)30-9-7-29(4)8-10-30/h5-6,11-12H,7-10H2,1-4H3,(H2,25,26,27,28). The summed E-state index contributed by atoms with van der Waals surface area (Å²) in [4.78, 5) is 11.7. The van der Waals surface area contributed by atoms with Crippen LogP contribution in [0.3, 0.4) is 0 Å². The minimum Gasteiger partial charge on any atom is -0.368 e. The zero-order valence-corrected chi connectivity index (χ0v) is 17.4. The van der Waals surface area contributed by atoms with Crippen molar-refractivity contribution in [1.82, 2.24) is 14.9 Å². The SMILES string of the molecule is CN1CCN(c2ccc(Nc3ncc(F)c(NC(C)(C)C)n3)cc2C(F)(F)F)CC1. The lowest BCUT2D eigenvalue weighted by Gasteiger charge is -2.35. The molecule has 0 amide bonds. The van der Waals surface area contributed by atoms with Crippen molar-refractivity contribution >= 4 is 23.1 Å². The molecule has 3 rings (SSSR count). The summed E-state index contributed by atoms with van der Waals surface area (Å²) in [7, 11) is 1.94. The molecular formula is C20H26F4N6. The highest BCUT2D eigenvalue weighted by atomic mass is 19.4. The number of rotatable bonds is 4. The number of hydrogen-bond acceptors (Lipinski definition) is 6. The van der Waals surface area contributed by atoms with Gasteiger partial charge in [0.2, 0.25) is 5.95 Å². The quantitative estimate of drug-likeness (QED) is 0.710.